The molecule has 5 heteroatoms. The molecule has 0 fully saturated rings. The summed E-state index contributed by atoms with van der Waals surface area (Å²) < 4.78 is 1.69. The van der Waals surface area contributed by atoms with E-state index in [1.54, 1.807) is 29.1 Å². The molecule has 0 spiro atoms. The Morgan fingerprint density at radius 2 is 1.85 bits per heavy atom. The van der Waals surface area contributed by atoms with Crippen molar-refractivity contribution >= 4 is 27.6 Å². The number of benzene rings is 2. The molecule has 1 N–H and O–H groups in total. The molecule has 1 amide bonds. The van der Waals surface area contributed by atoms with Crippen molar-refractivity contribution in [3.05, 3.63) is 88.5 Å². The van der Waals surface area contributed by atoms with Crippen molar-refractivity contribution in [1.29, 1.82) is 0 Å². The number of aromatic nitrogens is 2. The Bertz CT molecular complexity index is 1200. The van der Waals surface area contributed by atoms with Crippen LogP contribution < -0.4 is 10.9 Å². The number of fused-ring (bicyclic) bond motifs is 3. The SMILES string of the molecule is CCn1c(=O)c2cnccc2c2ccc(C(=O)NCc3ccccc3)cc21. The Morgan fingerprint density at radius 1 is 1.04 bits per heavy atom. The number of carbonyl (C=O) groups excluding carboxylic acids is 1. The first-order valence-corrected chi connectivity index (χ1v) is 8.91. The number of hydrogen-bond donors (Lipinski definition) is 1. The molecule has 2 heterocycles. The summed E-state index contributed by atoms with van der Waals surface area (Å²) in [5.41, 5.74) is 2.24. The maximum Gasteiger partial charge on any atom is 0.260 e. The van der Waals surface area contributed by atoms with Crippen molar-refractivity contribution in [1.82, 2.24) is 14.9 Å². The minimum Gasteiger partial charge on any atom is -0.348 e. The molecule has 0 aliphatic heterocycles. The van der Waals surface area contributed by atoms with E-state index < -0.39 is 0 Å². The molecule has 27 heavy (non-hydrogen) atoms. The fourth-order valence-corrected chi connectivity index (χ4v) is 3.37. The highest BCUT2D eigenvalue weighted by Crippen LogP contribution is 2.23. The number of pyridine rings is 2. The fraction of sp³-hybridized carbons (Fsp3) is 0.136. The van der Waals surface area contributed by atoms with E-state index >= 15 is 0 Å². The number of nitrogens with zero attached hydrogens (tertiary/aromatic N) is 2. The molecule has 0 aliphatic carbocycles. The van der Waals surface area contributed by atoms with Crippen LogP contribution in [0.4, 0.5) is 0 Å². The lowest BCUT2D eigenvalue weighted by Crippen LogP contribution is -2.24. The van der Waals surface area contributed by atoms with Gasteiger partial charge in [-0.15, -0.1) is 0 Å². The lowest BCUT2D eigenvalue weighted by Gasteiger charge is -2.13. The van der Waals surface area contributed by atoms with Gasteiger partial charge in [0.15, 0.2) is 0 Å². The van der Waals surface area contributed by atoms with Gasteiger partial charge in [-0.05, 0) is 36.1 Å². The molecule has 0 bridgehead atoms. The first-order chi connectivity index (χ1) is 13.2. The van der Waals surface area contributed by atoms with Crippen molar-refractivity contribution in [2.45, 2.75) is 20.0 Å². The lowest BCUT2D eigenvalue weighted by atomic mass is 10.0. The Kier molecular flexibility index (Phi) is 4.42. The van der Waals surface area contributed by atoms with E-state index in [0.717, 1.165) is 21.9 Å². The van der Waals surface area contributed by atoms with E-state index in [0.29, 0.717) is 24.0 Å². The van der Waals surface area contributed by atoms with Crippen LogP contribution in [0, 0.1) is 0 Å². The average molecular weight is 357 g/mol. The molecule has 0 saturated carbocycles. The minimum atomic E-state index is -0.161. The molecule has 4 aromatic rings. The van der Waals surface area contributed by atoms with Crippen LogP contribution >= 0.6 is 0 Å². The zero-order valence-corrected chi connectivity index (χ0v) is 15.0. The quantitative estimate of drug-likeness (QED) is 0.569. The number of aryl methyl sites for hydroxylation is 1. The zero-order chi connectivity index (χ0) is 18.8. The Morgan fingerprint density at radius 3 is 2.63 bits per heavy atom. The number of nitrogens with one attached hydrogen (secondary N) is 1. The molecule has 0 saturated heterocycles. The second kappa shape index (κ2) is 7.03. The number of rotatable bonds is 4. The van der Waals surface area contributed by atoms with Crippen molar-refractivity contribution in [3.63, 3.8) is 0 Å². The molecule has 2 aromatic heterocycles. The third-order valence-electron chi connectivity index (χ3n) is 4.75. The van der Waals surface area contributed by atoms with Gasteiger partial charge in [0, 0.05) is 36.4 Å². The van der Waals surface area contributed by atoms with E-state index in [9.17, 15) is 9.59 Å². The van der Waals surface area contributed by atoms with Crippen LogP contribution in [0.2, 0.25) is 0 Å². The van der Waals surface area contributed by atoms with Crippen molar-refractivity contribution in [3.8, 4) is 0 Å². The highest BCUT2D eigenvalue weighted by Gasteiger charge is 2.13. The van der Waals surface area contributed by atoms with Crippen molar-refractivity contribution < 1.29 is 4.79 Å². The summed E-state index contributed by atoms with van der Waals surface area (Å²) in [6.45, 7) is 2.90. The fourth-order valence-electron chi connectivity index (χ4n) is 3.37. The summed E-state index contributed by atoms with van der Waals surface area (Å²) in [5.74, 6) is -0.161. The Hall–Kier alpha value is -3.47. The first kappa shape index (κ1) is 17.0. The normalized spacial score (nSPS) is 11.0. The van der Waals surface area contributed by atoms with E-state index in [4.69, 9.17) is 0 Å². The van der Waals surface area contributed by atoms with Crippen LogP contribution in [0.25, 0.3) is 21.7 Å². The second-order valence-corrected chi connectivity index (χ2v) is 6.37. The third-order valence-corrected chi connectivity index (χ3v) is 4.75. The molecule has 134 valence electrons. The zero-order valence-electron chi connectivity index (χ0n) is 15.0. The predicted molar refractivity (Wildman–Crippen MR) is 107 cm³/mol. The number of hydrogen-bond acceptors (Lipinski definition) is 3. The largest absolute Gasteiger partial charge is 0.348 e. The van der Waals surface area contributed by atoms with Crippen LogP contribution in [-0.2, 0) is 13.1 Å². The highest BCUT2D eigenvalue weighted by molar-refractivity contribution is 6.07. The van der Waals surface area contributed by atoms with Gasteiger partial charge in [0.05, 0.1) is 10.9 Å². The molecular weight excluding hydrogens is 338 g/mol. The van der Waals surface area contributed by atoms with Crippen LogP contribution in [0.3, 0.4) is 0 Å². The van der Waals surface area contributed by atoms with Crippen LogP contribution in [0.5, 0.6) is 0 Å². The van der Waals surface area contributed by atoms with E-state index in [1.807, 2.05) is 49.4 Å². The first-order valence-electron chi connectivity index (χ1n) is 8.91. The smallest absolute Gasteiger partial charge is 0.260 e. The molecule has 2 aromatic carbocycles. The monoisotopic (exact) mass is 357 g/mol. The van der Waals surface area contributed by atoms with Crippen LogP contribution in [0.1, 0.15) is 22.8 Å². The topological polar surface area (TPSA) is 64.0 Å². The summed E-state index contributed by atoms with van der Waals surface area (Å²) in [5, 5.41) is 5.31. The second-order valence-electron chi connectivity index (χ2n) is 6.37. The molecule has 0 atom stereocenters. The predicted octanol–water partition coefficient (Wildman–Crippen LogP) is 3.50. The summed E-state index contributed by atoms with van der Waals surface area (Å²) in [6.07, 6.45) is 3.28. The molecule has 0 aliphatic rings. The maximum atomic E-state index is 12.8. The summed E-state index contributed by atoms with van der Waals surface area (Å²) in [4.78, 5) is 29.5. The molecule has 4 rings (SSSR count). The van der Waals surface area contributed by atoms with E-state index in [-0.39, 0.29) is 11.5 Å². The molecular formula is C22H19N3O2. The summed E-state index contributed by atoms with van der Waals surface area (Å²) in [7, 11) is 0. The van der Waals surface area contributed by atoms with Gasteiger partial charge >= 0.3 is 0 Å². The standard InChI is InChI=1S/C22H19N3O2/c1-2-25-20-12-16(21(26)24-13-15-6-4-3-5-7-15)8-9-18(20)17-10-11-23-14-19(17)22(25)27/h3-12,14H,2,13H2,1H3,(H,24,26). The Labute approximate surface area is 156 Å². The van der Waals surface area contributed by atoms with Gasteiger partial charge in [-0.1, -0.05) is 36.4 Å². The van der Waals surface area contributed by atoms with E-state index in [1.165, 1.54) is 0 Å². The van der Waals surface area contributed by atoms with Crippen LogP contribution in [-0.4, -0.2) is 15.5 Å². The molecule has 0 radical (unpaired) electrons. The number of carbonyl (C=O) groups is 1. The van der Waals surface area contributed by atoms with Crippen molar-refractivity contribution in [2.24, 2.45) is 0 Å². The summed E-state index contributed by atoms with van der Waals surface area (Å²) >= 11 is 0. The molecule has 0 unspecified atom stereocenters. The number of amides is 1. The Balaban J connectivity index is 1.76. The highest BCUT2D eigenvalue weighted by atomic mass is 16.1. The maximum absolute atomic E-state index is 12.8. The van der Waals surface area contributed by atoms with Gasteiger partial charge in [0.25, 0.3) is 11.5 Å². The van der Waals surface area contributed by atoms with Gasteiger partial charge in [0.1, 0.15) is 0 Å². The summed E-state index contributed by atoms with van der Waals surface area (Å²) in [6, 6.07) is 17.1. The van der Waals surface area contributed by atoms with Crippen LogP contribution in [0.15, 0.2) is 71.8 Å². The molecule has 5 nitrogen and oxygen atoms in total. The third kappa shape index (κ3) is 3.08. The van der Waals surface area contributed by atoms with Gasteiger partial charge in [-0.25, -0.2) is 0 Å². The van der Waals surface area contributed by atoms with Gasteiger partial charge in [-0.2, -0.15) is 0 Å². The van der Waals surface area contributed by atoms with Crippen molar-refractivity contribution in [2.75, 3.05) is 0 Å². The van der Waals surface area contributed by atoms with Gasteiger partial charge < -0.3 is 9.88 Å². The van der Waals surface area contributed by atoms with Gasteiger partial charge in [-0.3, -0.25) is 14.6 Å². The van der Waals surface area contributed by atoms with Gasteiger partial charge in [0.2, 0.25) is 0 Å². The lowest BCUT2D eigenvalue weighted by molar-refractivity contribution is 0.0951. The average Bonchev–Trinajstić information content (AvgIpc) is 2.73. The minimum absolute atomic E-state index is 0.0880. The van der Waals surface area contributed by atoms with E-state index in [2.05, 4.69) is 10.3 Å².